The molecule has 0 spiro atoms. The Kier molecular flexibility index (Phi) is 4.39. The lowest BCUT2D eigenvalue weighted by molar-refractivity contribution is 0.405. The first-order chi connectivity index (χ1) is 7.40. The van der Waals surface area contributed by atoms with Crippen molar-refractivity contribution in [3.63, 3.8) is 0 Å². The molecule has 1 aliphatic rings. The third-order valence-corrected chi connectivity index (χ3v) is 4.32. The van der Waals surface area contributed by atoms with Crippen molar-refractivity contribution >= 4 is 33.3 Å². The molecule has 1 aliphatic carbocycles. The predicted octanol–water partition coefficient (Wildman–Crippen LogP) is 4.50. The number of hydrogen-bond acceptors (Lipinski definition) is 2. The van der Waals surface area contributed by atoms with Crippen LogP contribution in [0.15, 0.2) is 16.5 Å². The molecule has 0 amide bonds. The van der Waals surface area contributed by atoms with Crippen LogP contribution in [-0.4, -0.2) is 10.3 Å². The largest absolute Gasteiger partial charge is 0.245 e. The van der Waals surface area contributed by atoms with E-state index in [4.69, 9.17) is 0 Å². The van der Waals surface area contributed by atoms with Crippen LogP contribution in [0.1, 0.15) is 37.8 Å². The molecule has 0 bridgehead atoms. The van der Waals surface area contributed by atoms with E-state index in [2.05, 4.69) is 32.4 Å². The second-order valence-corrected chi connectivity index (χ2v) is 5.38. The van der Waals surface area contributed by atoms with Crippen LogP contribution in [0.2, 0.25) is 0 Å². The maximum absolute atomic E-state index is 4.32. The molecule has 0 atom stereocenters. The van der Waals surface area contributed by atoms with Gasteiger partial charge in [-0.15, -0.1) is 11.3 Å². The summed E-state index contributed by atoms with van der Waals surface area (Å²) in [5.41, 5.74) is 4.55. The molecule has 1 aromatic rings. The van der Waals surface area contributed by atoms with E-state index in [0.717, 1.165) is 16.9 Å². The van der Waals surface area contributed by atoms with Crippen molar-refractivity contribution < 1.29 is 0 Å². The summed E-state index contributed by atoms with van der Waals surface area (Å²) in [6, 6.07) is 0. The van der Waals surface area contributed by atoms with Gasteiger partial charge in [-0.1, -0.05) is 40.8 Å². The van der Waals surface area contributed by atoms with E-state index < -0.39 is 0 Å². The normalized spacial score (nSPS) is 19.4. The molecule has 2 rings (SSSR count). The number of halogens is 1. The summed E-state index contributed by atoms with van der Waals surface area (Å²) in [5.74, 6) is 0.792. The zero-order valence-electron chi connectivity index (χ0n) is 8.79. The number of rotatable bonds is 3. The summed E-state index contributed by atoms with van der Waals surface area (Å²) in [5, 5.41) is 3.11. The number of hydrogen-bond donors (Lipinski definition) is 0. The maximum atomic E-state index is 4.32. The molecule has 0 aliphatic heterocycles. The summed E-state index contributed by atoms with van der Waals surface area (Å²) >= 11 is 5.27. The quantitative estimate of drug-likeness (QED) is 0.745. The molecule has 1 nitrogen and oxygen atoms in total. The number of alkyl halides is 1. The summed E-state index contributed by atoms with van der Waals surface area (Å²) in [7, 11) is 0. The molecular formula is C12H16BrNS. The lowest BCUT2D eigenvalue weighted by Gasteiger charge is -2.23. The van der Waals surface area contributed by atoms with Gasteiger partial charge in [0.2, 0.25) is 0 Å². The van der Waals surface area contributed by atoms with Crippen LogP contribution in [0.5, 0.6) is 0 Å². The molecule has 1 fully saturated rings. The van der Waals surface area contributed by atoms with Gasteiger partial charge in [-0.3, -0.25) is 0 Å². The maximum Gasteiger partial charge on any atom is 0.0798 e. The Hall–Kier alpha value is -0.150. The molecule has 3 heteroatoms. The number of thiazole rings is 1. The van der Waals surface area contributed by atoms with Gasteiger partial charge in [0.1, 0.15) is 0 Å². The fourth-order valence-electron chi connectivity index (χ4n) is 2.22. The summed E-state index contributed by atoms with van der Waals surface area (Å²) in [4.78, 5) is 4.32. The van der Waals surface area contributed by atoms with E-state index in [1.165, 1.54) is 37.7 Å². The predicted molar refractivity (Wildman–Crippen MR) is 70.5 cm³/mol. The first-order valence-corrected chi connectivity index (χ1v) is 7.61. The van der Waals surface area contributed by atoms with Crippen LogP contribution >= 0.6 is 27.3 Å². The highest BCUT2D eigenvalue weighted by atomic mass is 79.9. The molecular weight excluding hydrogens is 270 g/mol. The molecule has 82 valence electrons. The Labute approximate surface area is 104 Å². The summed E-state index contributed by atoms with van der Waals surface area (Å²) in [6.07, 6.45) is 9.20. The minimum Gasteiger partial charge on any atom is -0.245 e. The zero-order valence-corrected chi connectivity index (χ0v) is 11.2. The lowest BCUT2D eigenvalue weighted by Crippen LogP contribution is -2.10. The Morgan fingerprint density at radius 1 is 1.47 bits per heavy atom. The third-order valence-electron chi connectivity index (χ3n) is 3.07. The second kappa shape index (κ2) is 5.80. The number of nitrogens with zero attached hydrogens (tertiary/aromatic N) is 1. The van der Waals surface area contributed by atoms with Gasteiger partial charge in [0.05, 0.1) is 11.2 Å². The van der Waals surface area contributed by atoms with Gasteiger partial charge in [0, 0.05) is 10.7 Å². The minimum atomic E-state index is 0.792. The van der Waals surface area contributed by atoms with Gasteiger partial charge < -0.3 is 0 Å². The Morgan fingerprint density at radius 2 is 2.27 bits per heavy atom. The summed E-state index contributed by atoms with van der Waals surface area (Å²) in [6.45, 7) is 0. The highest BCUT2D eigenvalue weighted by molar-refractivity contribution is 9.09. The molecule has 15 heavy (non-hydrogen) atoms. The van der Waals surface area contributed by atoms with Gasteiger partial charge >= 0.3 is 0 Å². The fourth-order valence-corrected chi connectivity index (χ4v) is 3.35. The molecule has 1 heterocycles. The zero-order chi connectivity index (χ0) is 10.5. The van der Waals surface area contributed by atoms with Gasteiger partial charge in [-0.2, -0.15) is 0 Å². The van der Waals surface area contributed by atoms with Crippen LogP contribution in [0.4, 0.5) is 0 Å². The average Bonchev–Trinajstić information content (AvgIpc) is 2.80. The van der Waals surface area contributed by atoms with E-state index >= 15 is 0 Å². The van der Waals surface area contributed by atoms with Crippen molar-refractivity contribution in [3.8, 4) is 0 Å². The topological polar surface area (TPSA) is 12.9 Å². The summed E-state index contributed by atoms with van der Waals surface area (Å²) < 4.78 is 0. The van der Waals surface area contributed by atoms with Crippen LogP contribution in [0.3, 0.4) is 0 Å². The van der Waals surface area contributed by atoms with Crippen molar-refractivity contribution in [2.75, 3.05) is 5.33 Å². The first-order valence-electron chi connectivity index (χ1n) is 5.55. The molecule has 0 unspecified atom stereocenters. The molecule has 0 radical (unpaired) electrons. The van der Waals surface area contributed by atoms with Crippen molar-refractivity contribution in [2.45, 2.75) is 32.1 Å². The molecule has 1 aromatic heterocycles. The first kappa shape index (κ1) is 11.3. The van der Waals surface area contributed by atoms with Crippen LogP contribution < -0.4 is 0 Å². The molecule has 0 aromatic carbocycles. The van der Waals surface area contributed by atoms with Gasteiger partial charge in [-0.05, 0) is 24.8 Å². The van der Waals surface area contributed by atoms with E-state index in [0.29, 0.717) is 0 Å². The monoisotopic (exact) mass is 285 g/mol. The van der Waals surface area contributed by atoms with Gasteiger partial charge in [0.25, 0.3) is 0 Å². The molecule has 0 saturated heterocycles. The highest BCUT2D eigenvalue weighted by Crippen LogP contribution is 2.31. The molecule has 0 N–H and O–H groups in total. The van der Waals surface area contributed by atoms with Crippen LogP contribution in [0, 0.1) is 5.92 Å². The van der Waals surface area contributed by atoms with Gasteiger partial charge in [0.15, 0.2) is 0 Å². The van der Waals surface area contributed by atoms with E-state index in [1.807, 2.05) is 5.51 Å². The SMILES string of the molecule is BrC/C(=C/c1cscn1)C1CCCCC1. The fraction of sp³-hybridized carbons (Fsp3) is 0.583. The van der Waals surface area contributed by atoms with Crippen molar-refractivity contribution in [1.29, 1.82) is 0 Å². The Balaban J connectivity index is 2.08. The highest BCUT2D eigenvalue weighted by Gasteiger charge is 2.17. The smallest absolute Gasteiger partial charge is 0.0798 e. The Bertz CT molecular complexity index is 312. The number of aromatic nitrogens is 1. The van der Waals surface area contributed by atoms with Gasteiger partial charge in [-0.25, -0.2) is 4.98 Å². The number of allylic oxidation sites excluding steroid dienone is 1. The average molecular weight is 286 g/mol. The second-order valence-electron chi connectivity index (χ2n) is 4.10. The Morgan fingerprint density at radius 3 is 2.87 bits per heavy atom. The van der Waals surface area contributed by atoms with Crippen molar-refractivity contribution in [2.24, 2.45) is 5.92 Å². The minimum absolute atomic E-state index is 0.792. The van der Waals surface area contributed by atoms with E-state index in [9.17, 15) is 0 Å². The lowest BCUT2D eigenvalue weighted by atomic mass is 9.84. The van der Waals surface area contributed by atoms with Crippen LogP contribution in [-0.2, 0) is 0 Å². The molecule has 1 saturated carbocycles. The third kappa shape index (κ3) is 3.15. The standard InChI is InChI=1S/C12H16BrNS/c13-7-11(6-12-8-15-9-14-12)10-4-2-1-3-5-10/h6,8-10H,1-5,7H2/b11-6-. The van der Waals surface area contributed by atoms with Crippen molar-refractivity contribution in [3.05, 3.63) is 22.2 Å². The van der Waals surface area contributed by atoms with E-state index in [1.54, 1.807) is 11.3 Å². The van der Waals surface area contributed by atoms with Crippen LogP contribution in [0.25, 0.3) is 6.08 Å². The van der Waals surface area contributed by atoms with Crippen molar-refractivity contribution in [1.82, 2.24) is 4.98 Å². The van der Waals surface area contributed by atoms with E-state index in [-0.39, 0.29) is 0 Å².